The Balaban J connectivity index is 4.13. The molecule has 0 fully saturated rings. The number of rotatable bonds is 54. The summed E-state index contributed by atoms with van der Waals surface area (Å²) >= 11 is 0. The van der Waals surface area contributed by atoms with Crippen molar-refractivity contribution in [3.05, 3.63) is 24.3 Å². The number of unbranched alkanes of at least 4 members (excludes halogenated alkanes) is 39. The summed E-state index contributed by atoms with van der Waals surface area (Å²) in [6, 6.07) is -0.849. The van der Waals surface area contributed by atoms with Crippen LogP contribution in [0.5, 0.6) is 0 Å². The second kappa shape index (κ2) is 49.9. The molecule has 0 aromatic rings. The van der Waals surface area contributed by atoms with Crippen molar-refractivity contribution in [1.29, 1.82) is 0 Å². The van der Waals surface area contributed by atoms with Crippen molar-refractivity contribution in [2.75, 3.05) is 40.9 Å². The lowest BCUT2D eigenvalue weighted by Gasteiger charge is -2.25. The number of phosphoric acid groups is 1. The summed E-state index contributed by atoms with van der Waals surface area (Å²) in [6.45, 7) is 4.84. The highest BCUT2D eigenvalue weighted by Crippen LogP contribution is 2.43. The van der Waals surface area contributed by atoms with Crippen LogP contribution in [0.3, 0.4) is 0 Å². The fourth-order valence-electron chi connectivity index (χ4n) is 8.80. The number of hydrogen-bond acceptors (Lipinski definition) is 5. The van der Waals surface area contributed by atoms with Gasteiger partial charge in [-0.1, -0.05) is 263 Å². The zero-order chi connectivity index (χ0) is 49.2. The van der Waals surface area contributed by atoms with Crippen molar-refractivity contribution in [1.82, 2.24) is 5.32 Å². The first kappa shape index (κ1) is 66.0. The van der Waals surface area contributed by atoms with Gasteiger partial charge in [0.15, 0.2) is 0 Å². The Morgan fingerprint density at radius 1 is 0.493 bits per heavy atom. The minimum absolute atomic E-state index is 0.0615. The van der Waals surface area contributed by atoms with Crippen molar-refractivity contribution in [2.45, 2.75) is 302 Å². The Hall–Kier alpha value is -1.02. The second-order valence-corrected chi connectivity index (χ2v) is 22.8. The number of quaternary nitrogens is 1. The van der Waals surface area contributed by atoms with E-state index in [4.69, 9.17) is 9.05 Å². The second-order valence-electron chi connectivity index (χ2n) is 21.4. The molecule has 9 heteroatoms. The third-order valence-corrected chi connectivity index (χ3v) is 14.4. The van der Waals surface area contributed by atoms with Gasteiger partial charge in [0.25, 0.3) is 0 Å². The van der Waals surface area contributed by atoms with Crippen LogP contribution in [0.25, 0.3) is 0 Å². The first-order valence-electron chi connectivity index (χ1n) is 29.2. The van der Waals surface area contributed by atoms with Crippen LogP contribution in [0.15, 0.2) is 24.3 Å². The van der Waals surface area contributed by atoms with Crippen LogP contribution in [0.1, 0.15) is 290 Å². The maximum Gasteiger partial charge on any atom is 0.472 e. The quantitative estimate of drug-likeness (QED) is 0.0243. The molecule has 3 N–H and O–H groups in total. The zero-order valence-corrected chi connectivity index (χ0v) is 46.3. The molecular weight excluding hydrogens is 852 g/mol. The SMILES string of the molecule is CCCCCCCCC/C=C\CCCCCCCC(=O)NC(COP(=O)(O)OCC[N+](C)(C)C)C(O)/C=C/CCCCCCCCCCCCCCCCCCCCCCCCCCCCC. The average molecular weight is 969 g/mol. The molecule has 8 nitrogen and oxygen atoms in total. The van der Waals surface area contributed by atoms with Crippen LogP contribution < -0.4 is 5.32 Å². The predicted molar refractivity (Wildman–Crippen MR) is 291 cm³/mol. The summed E-state index contributed by atoms with van der Waals surface area (Å²) < 4.78 is 23.7. The maximum absolute atomic E-state index is 12.9. The lowest BCUT2D eigenvalue weighted by molar-refractivity contribution is -0.870. The van der Waals surface area contributed by atoms with Crippen LogP contribution >= 0.6 is 7.82 Å². The van der Waals surface area contributed by atoms with E-state index in [1.165, 1.54) is 218 Å². The summed E-state index contributed by atoms with van der Waals surface area (Å²) in [7, 11) is 1.58. The summed E-state index contributed by atoms with van der Waals surface area (Å²) in [5.74, 6) is -0.182. The van der Waals surface area contributed by atoms with E-state index < -0.39 is 20.0 Å². The van der Waals surface area contributed by atoms with E-state index in [1.807, 2.05) is 27.2 Å². The number of hydrogen-bond donors (Lipinski definition) is 3. The molecule has 0 aromatic heterocycles. The van der Waals surface area contributed by atoms with Crippen molar-refractivity contribution in [3.63, 3.8) is 0 Å². The van der Waals surface area contributed by atoms with E-state index in [0.29, 0.717) is 17.4 Å². The average Bonchev–Trinajstić information content (AvgIpc) is 3.29. The van der Waals surface area contributed by atoms with Crippen LogP contribution in [-0.2, 0) is 18.4 Å². The van der Waals surface area contributed by atoms with Crippen LogP contribution in [0, 0.1) is 0 Å². The summed E-state index contributed by atoms with van der Waals surface area (Å²) in [5.41, 5.74) is 0. The number of carbonyl (C=O) groups excluding carboxylic acids is 1. The van der Waals surface area contributed by atoms with Crippen LogP contribution in [0.2, 0.25) is 0 Å². The molecule has 0 aromatic carbocycles. The fraction of sp³-hybridized carbons (Fsp3) is 0.914. The Morgan fingerprint density at radius 3 is 1.15 bits per heavy atom. The van der Waals surface area contributed by atoms with E-state index in [9.17, 15) is 19.4 Å². The Morgan fingerprint density at radius 2 is 0.806 bits per heavy atom. The number of nitrogens with zero attached hydrogens (tertiary/aromatic N) is 1. The van der Waals surface area contributed by atoms with Gasteiger partial charge in [-0.25, -0.2) is 4.57 Å². The topological polar surface area (TPSA) is 105 Å². The van der Waals surface area contributed by atoms with Gasteiger partial charge < -0.3 is 19.8 Å². The van der Waals surface area contributed by atoms with E-state index in [2.05, 4.69) is 31.3 Å². The molecular formula is C58H116N2O6P+. The number of phosphoric ester groups is 1. The van der Waals surface area contributed by atoms with Gasteiger partial charge >= 0.3 is 7.82 Å². The van der Waals surface area contributed by atoms with Crippen LogP contribution in [-0.4, -0.2) is 73.4 Å². The lowest BCUT2D eigenvalue weighted by Crippen LogP contribution is -2.45. The number of aliphatic hydroxyl groups excluding tert-OH is 1. The number of aliphatic hydroxyl groups is 1. The Kier molecular flexibility index (Phi) is 49.2. The number of likely N-dealkylation sites (N-methyl/N-ethyl adjacent to an activating group) is 1. The van der Waals surface area contributed by atoms with Gasteiger partial charge in [-0.05, 0) is 44.9 Å². The number of amides is 1. The first-order chi connectivity index (χ1) is 32.5. The van der Waals surface area contributed by atoms with E-state index in [1.54, 1.807) is 6.08 Å². The lowest BCUT2D eigenvalue weighted by atomic mass is 10.0. The molecule has 0 spiro atoms. The third kappa shape index (κ3) is 52.6. The first-order valence-corrected chi connectivity index (χ1v) is 30.7. The fourth-order valence-corrected chi connectivity index (χ4v) is 9.54. The molecule has 3 atom stereocenters. The third-order valence-electron chi connectivity index (χ3n) is 13.4. The number of carbonyl (C=O) groups is 1. The van der Waals surface area contributed by atoms with E-state index in [-0.39, 0.29) is 19.1 Å². The molecule has 0 rings (SSSR count). The van der Waals surface area contributed by atoms with Gasteiger partial charge in [0.05, 0.1) is 39.9 Å². The maximum atomic E-state index is 12.9. The molecule has 0 aliphatic heterocycles. The van der Waals surface area contributed by atoms with Crippen molar-refractivity contribution >= 4 is 13.7 Å². The minimum atomic E-state index is -4.35. The molecule has 0 aliphatic carbocycles. The van der Waals surface area contributed by atoms with Crippen LogP contribution in [0.4, 0.5) is 0 Å². The molecule has 0 bridgehead atoms. The molecule has 398 valence electrons. The van der Waals surface area contributed by atoms with Crippen molar-refractivity contribution in [2.24, 2.45) is 0 Å². The minimum Gasteiger partial charge on any atom is -0.387 e. The zero-order valence-electron chi connectivity index (χ0n) is 45.4. The standard InChI is InChI=1S/C58H115N2O6P/c1-6-8-10-12-14-16-18-20-22-24-25-26-27-28-29-30-31-32-33-34-35-36-37-39-41-43-45-47-49-51-57(61)56(55-66-67(63,64)65-54-53-60(3,4)5)59-58(62)52-50-48-46-44-42-40-38-23-21-19-17-15-13-11-9-7-2/h23,38,49,51,56-57,61H,6-22,24-37,39-48,50,52-55H2,1-5H3,(H-,59,62,63,64)/p+1/b38-23-,51-49+. The largest absolute Gasteiger partial charge is 0.472 e. The number of nitrogens with one attached hydrogen (secondary N) is 1. The molecule has 0 aliphatic rings. The number of allylic oxidation sites excluding steroid dienone is 3. The summed E-state index contributed by atoms with van der Waals surface area (Å²) in [6.07, 6.45) is 62.9. The Bertz CT molecular complexity index is 1140. The normalized spacial score (nSPS) is 14.1. The van der Waals surface area contributed by atoms with Gasteiger partial charge in [-0.15, -0.1) is 0 Å². The predicted octanol–water partition coefficient (Wildman–Crippen LogP) is 17.6. The monoisotopic (exact) mass is 968 g/mol. The molecule has 1 amide bonds. The molecule has 0 heterocycles. The molecule has 0 saturated heterocycles. The summed E-state index contributed by atoms with van der Waals surface area (Å²) in [5, 5.41) is 13.9. The highest BCUT2D eigenvalue weighted by Gasteiger charge is 2.27. The van der Waals surface area contributed by atoms with Crippen molar-refractivity contribution in [3.8, 4) is 0 Å². The highest BCUT2D eigenvalue weighted by atomic mass is 31.2. The molecule has 67 heavy (non-hydrogen) atoms. The molecule has 3 unspecified atom stereocenters. The molecule has 0 saturated carbocycles. The smallest absolute Gasteiger partial charge is 0.387 e. The highest BCUT2D eigenvalue weighted by molar-refractivity contribution is 7.47. The van der Waals surface area contributed by atoms with Gasteiger partial charge in [0.1, 0.15) is 13.2 Å². The van der Waals surface area contributed by atoms with E-state index >= 15 is 0 Å². The van der Waals surface area contributed by atoms with Gasteiger partial charge in [0, 0.05) is 6.42 Å². The summed E-state index contributed by atoms with van der Waals surface area (Å²) in [4.78, 5) is 23.3. The molecule has 0 radical (unpaired) electrons. The van der Waals surface area contributed by atoms with Gasteiger partial charge in [0.2, 0.25) is 5.91 Å². The van der Waals surface area contributed by atoms with Gasteiger partial charge in [-0.3, -0.25) is 13.8 Å². The van der Waals surface area contributed by atoms with Gasteiger partial charge in [-0.2, -0.15) is 0 Å². The van der Waals surface area contributed by atoms with E-state index in [0.717, 1.165) is 51.4 Å². The Labute approximate surface area is 417 Å². The van der Waals surface area contributed by atoms with Crippen molar-refractivity contribution < 1.29 is 32.9 Å².